The highest BCUT2D eigenvalue weighted by molar-refractivity contribution is 7.99. The van der Waals surface area contributed by atoms with Crippen LogP contribution in [0.5, 0.6) is 0 Å². The molecule has 2 aromatic rings. The average Bonchev–Trinajstić information content (AvgIpc) is 3.01. The molecule has 0 amide bonds. The summed E-state index contributed by atoms with van der Waals surface area (Å²) in [7, 11) is 3.14. The van der Waals surface area contributed by atoms with Crippen LogP contribution in [0.15, 0.2) is 60.7 Å². The van der Waals surface area contributed by atoms with Gasteiger partial charge < -0.3 is 33.2 Å². The predicted octanol–water partition coefficient (Wildman–Crippen LogP) is 4.59. The van der Waals surface area contributed by atoms with Crippen LogP contribution in [0.2, 0.25) is 0 Å². The fourth-order valence-corrected chi connectivity index (χ4v) is 6.69. The summed E-state index contributed by atoms with van der Waals surface area (Å²) in [4.78, 5) is 26.0. The van der Waals surface area contributed by atoms with Crippen LogP contribution in [-0.2, 0) is 33.2 Å². The number of thioether (sulfide) groups is 1. The first-order valence-corrected chi connectivity index (χ1v) is 14.7. The molecular weight excluding hydrogens is 536 g/mol. The molecule has 1 saturated carbocycles. The third-order valence-electron chi connectivity index (χ3n) is 7.72. The number of carbonyl (C=O) groups excluding carboxylic acids is 2. The summed E-state index contributed by atoms with van der Waals surface area (Å²) in [6.07, 6.45) is -0.284. The Labute approximate surface area is 238 Å². The summed E-state index contributed by atoms with van der Waals surface area (Å²) in [5.74, 6) is -2.69. The van der Waals surface area contributed by atoms with E-state index >= 15 is 0 Å². The zero-order valence-electron chi connectivity index (χ0n) is 23.0. The van der Waals surface area contributed by atoms with Crippen molar-refractivity contribution in [1.82, 2.24) is 0 Å². The lowest BCUT2D eigenvalue weighted by Crippen LogP contribution is -2.75. The summed E-state index contributed by atoms with van der Waals surface area (Å²) in [5, 5.41) is 0. The largest absolute Gasteiger partial charge is 0.459 e. The Morgan fingerprint density at radius 1 is 0.850 bits per heavy atom. The monoisotopic (exact) mass is 572 g/mol. The van der Waals surface area contributed by atoms with Gasteiger partial charge in [0.2, 0.25) is 11.6 Å². The maximum absolute atomic E-state index is 13.2. The smallest absolute Gasteiger partial charge is 0.338 e. The molecule has 9 nitrogen and oxygen atoms in total. The van der Waals surface area contributed by atoms with Crippen molar-refractivity contribution in [2.24, 2.45) is 0 Å². The molecule has 1 aliphatic carbocycles. The fraction of sp³-hybridized carbons (Fsp3) is 0.533. The van der Waals surface area contributed by atoms with E-state index in [4.69, 9.17) is 33.2 Å². The standard InChI is InChI=1S/C30H36O9S/c1-4-40-28-25(37-27(32)21-15-9-6-10-16-21)24-23(22(36-28)19-35-26(31)20-13-7-5-8-14-20)38-29(33-2)17-11-12-18-30(29,34-3)39-24/h5-10,13-16,22-25,28H,4,11-12,17-19H2,1-3H3/t22-,23-,24+,25+,28-,29+,30+/m1/s1. The molecule has 10 heteroatoms. The Kier molecular flexibility index (Phi) is 9.14. The van der Waals surface area contributed by atoms with Gasteiger partial charge in [-0.25, -0.2) is 9.59 Å². The van der Waals surface area contributed by atoms with E-state index in [2.05, 4.69) is 0 Å². The van der Waals surface area contributed by atoms with Gasteiger partial charge in [0.25, 0.3) is 0 Å². The lowest BCUT2D eigenvalue weighted by Gasteiger charge is -2.60. The zero-order chi connectivity index (χ0) is 28.2. The maximum Gasteiger partial charge on any atom is 0.338 e. The van der Waals surface area contributed by atoms with E-state index in [9.17, 15) is 9.59 Å². The molecule has 2 saturated heterocycles. The van der Waals surface area contributed by atoms with Crippen LogP contribution in [0.1, 0.15) is 53.3 Å². The van der Waals surface area contributed by atoms with Crippen molar-refractivity contribution in [2.45, 2.75) is 74.0 Å². The minimum atomic E-state index is -1.21. The number of esters is 2. The third-order valence-corrected chi connectivity index (χ3v) is 8.76. The van der Waals surface area contributed by atoms with Crippen molar-refractivity contribution in [3.63, 3.8) is 0 Å². The molecule has 2 aliphatic heterocycles. The molecule has 0 aromatic heterocycles. The second-order valence-electron chi connectivity index (χ2n) is 9.98. The molecule has 2 heterocycles. The number of rotatable bonds is 9. The van der Waals surface area contributed by atoms with Gasteiger partial charge in [-0.05, 0) is 42.9 Å². The Morgan fingerprint density at radius 2 is 1.40 bits per heavy atom. The molecule has 0 unspecified atom stereocenters. The molecule has 3 aliphatic rings. The van der Waals surface area contributed by atoms with Gasteiger partial charge in [0, 0.05) is 27.1 Å². The van der Waals surface area contributed by atoms with E-state index in [1.807, 2.05) is 19.1 Å². The first-order valence-electron chi connectivity index (χ1n) is 13.7. The van der Waals surface area contributed by atoms with Crippen molar-refractivity contribution in [3.05, 3.63) is 71.8 Å². The van der Waals surface area contributed by atoms with Crippen LogP contribution in [0.4, 0.5) is 0 Å². The highest BCUT2D eigenvalue weighted by atomic mass is 32.2. The summed E-state index contributed by atoms with van der Waals surface area (Å²) in [6, 6.07) is 17.6. The molecule has 7 atom stereocenters. The SMILES string of the molecule is CCS[C@H]1O[C@H](COC(=O)c2ccccc2)[C@H]2O[C@@]3(OC)CCCC[C@]3(OC)O[C@@H]2[C@@H]1OC(=O)c1ccccc1. The molecule has 0 bridgehead atoms. The number of methoxy groups -OCH3 is 2. The van der Waals surface area contributed by atoms with Crippen LogP contribution >= 0.6 is 11.8 Å². The second-order valence-corrected chi connectivity index (χ2v) is 11.4. The van der Waals surface area contributed by atoms with Crippen LogP contribution in [-0.4, -0.2) is 79.9 Å². The van der Waals surface area contributed by atoms with Gasteiger partial charge in [-0.1, -0.05) is 43.3 Å². The van der Waals surface area contributed by atoms with Gasteiger partial charge in [0.1, 0.15) is 30.4 Å². The van der Waals surface area contributed by atoms with Gasteiger partial charge in [-0.2, -0.15) is 0 Å². The molecule has 0 radical (unpaired) electrons. The van der Waals surface area contributed by atoms with Crippen molar-refractivity contribution in [2.75, 3.05) is 26.6 Å². The minimum Gasteiger partial charge on any atom is -0.459 e. The van der Waals surface area contributed by atoms with E-state index in [-0.39, 0.29) is 6.61 Å². The third kappa shape index (κ3) is 5.53. The van der Waals surface area contributed by atoms with Gasteiger partial charge >= 0.3 is 11.9 Å². The van der Waals surface area contributed by atoms with Crippen molar-refractivity contribution in [1.29, 1.82) is 0 Å². The normalized spacial score (nSPS) is 33.3. The van der Waals surface area contributed by atoms with E-state index in [0.717, 1.165) is 12.8 Å². The van der Waals surface area contributed by atoms with E-state index in [1.165, 1.54) is 11.8 Å². The number of benzene rings is 2. The Hall–Kier alpha value is -2.47. The molecule has 0 N–H and O–H groups in total. The first kappa shape index (κ1) is 29.0. The van der Waals surface area contributed by atoms with Crippen molar-refractivity contribution >= 4 is 23.7 Å². The lowest BCUT2D eigenvalue weighted by atomic mass is 9.84. The predicted molar refractivity (Wildman–Crippen MR) is 147 cm³/mol. The zero-order valence-corrected chi connectivity index (χ0v) is 23.8. The minimum absolute atomic E-state index is 0.0852. The first-order chi connectivity index (χ1) is 19.5. The number of hydrogen-bond acceptors (Lipinski definition) is 10. The van der Waals surface area contributed by atoms with Crippen LogP contribution < -0.4 is 0 Å². The van der Waals surface area contributed by atoms with Gasteiger partial charge in [0.15, 0.2) is 6.10 Å². The Balaban J connectivity index is 1.47. The molecule has 40 heavy (non-hydrogen) atoms. The highest BCUT2D eigenvalue weighted by Gasteiger charge is 2.67. The van der Waals surface area contributed by atoms with Crippen LogP contribution in [0, 0.1) is 0 Å². The van der Waals surface area contributed by atoms with Crippen molar-refractivity contribution in [3.8, 4) is 0 Å². The second kappa shape index (κ2) is 12.6. The topological polar surface area (TPSA) is 98.8 Å². The molecule has 216 valence electrons. The maximum atomic E-state index is 13.2. The fourth-order valence-electron chi connectivity index (χ4n) is 5.74. The molecule has 3 fully saturated rings. The molecule has 2 aromatic carbocycles. The van der Waals surface area contributed by atoms with E-state index < -0.39 is 53.4 Å². The van der Waals surface area contributed by atoms with E-state index in [1.54, 1.807) is 62.8 Å². The summed E-state index contributed by atoms with van der Waals surface area (Å²) in [6.45, 7) is 1.91. The lowest BCUT2D eigenvalue weighted by molar-refractivity contribution is -0.488. The molecule has 0 spiro atoms. The average molecular weight is 573 g/mol. The number of carbonyl (C=O) groups is 2. The van der Waals surface area contributed by atoms with Gasteiger partial charge in [-0.3, -0.25) is 0 Å². The van der Waals surface area contributed by atoms with E-state index in [0.29, 0.717) is 29.7 Å². The summed E-state index contributed by atoms with van der Waals surface area (Å²) >= 11 is 1.48. The number of ether oxygens (including phenoxy) is 7. The van der Waals surface area contributed by atoms with Crippen LogP contribution in [0.25, 0.3) is 0 Å². The Morgan fingerprint density at radius 3 is 1.95 bits per heavy atom. The number of fused-ring (bicyclic) bond motifs is 2. The number of hydrogen-bond donors (Lipinski definition) is 0. The molecular formula is C30H36O9S. The highest BCUT2D eigenvalue weighted by Crippen LogP contribution is 2.52. The summed E-state index contributed by atoms with van der Waals surface area (Å²) in [5.41, 5.74) is 0.250. The summed E-state index contributed by atoms with van der Waals surface area (Å²) < 4.78 is 43.8. The quantitative estimate of drug-likeness (QED) is 0.397. The van der Waals surface area contributed by atoms with Crippen molar-refractivity contribution < 1.29 is 42.7 Å². The Bertz CT molecular complexity index is 1150. The van der Waals surface area contributed by atoms with Gasteiger partial charge in [-0.15, -0.1) is 11.8 Å². The molecule has 5 rings (SSSR count). The van der Waals surface area contributed by atoms with Gasteiger partial charge in [0.05, 0.1) is 11.1 Å². The van der Waals surface area contributed by atoms with Crippen LogP contribution in [0.3, 0.4) is 0 Å².